The molecule has 0 bridgehead atoms. The van der Waals surface area contributed by atoms with Crippen molar-refractivity contribution in [3.8, 4) is 0 Å². The van der Waals surface area contributed by atoms with Crippen molar-refractivity contribution in [1.82, 2.24) is 34.6 Å². The van der Waals surface area contributed by atoms with Gasteiger partial charge >= 0.3 is 0 Å². The first kappa shape index (κ1) is 18.6. The van der Waals surface area contributed by atoms with Crippen LogP contribution in [-0.4, -0.2) is 48.3 Å². The Labute approximate surface area is 164 Å². The second-order valence-electron chi connectivity index (χ2n) is 8.00. The number of rotatable bonds is 5. The van der Waals surface area contributed by atoms with Crippen molar-refractivity contribution in [1.29, 1.82) is 0 Å². The van der Waals surface area contributed by atoms with Crippen LogP contribution in [0.5, 0.6) is 0 Å². The molecule has 0 spiro atoms. The summed E-state index contributed by atoms with van der Waals surface area (Å²) in [5.74, 6) is 0.456. The molecule has 0 fully saturated rings. The van der Waals surface area contributed by atoms with E-state index in [1.54, 1.807) is 10.6 Å². The third-order valence-electron chi connectivity index (χ3n) is 4.94. The standard InChI is InChI=1S/C20H27N7O/c1-13(2)11-25-5-6-26-17(12-25)9-16(24-26)10-21-20(28)18-8-15(4)27-19(22-18)7-14(3)23-27/h7-9,13H,5-6,10-12H2,1-4H3,(H,21,28). The Balaban J connectivity index is 1.43. The van der Waals surface area contributed by atoms with Gasteiger partial charge in [0.15, 0.2) is 5.65 Å². The van der Waals surface area contributed by atoms with Gasteiger partial charge < -0.3 is 5.32 Å². The zero-order chi connectivity index (χ0) is 19.8. The zero-order valence-corrected chi connectivity index (χ0v) is 16.9. The van der Waals surface area contributed by atoms with Crippen LogP contribution < -0.4 is 5.32 Å². The lowest BCUT2D eigenvalue weighted by Gasteiger charge is -2.28. The molecule has 0 atom stereocenters. The Morgan fingerprint density at radius 3 is 2.79 bits per heavy atom. The third kappa shape index (κ3) is 3.77. The van der Waals surface area contributed by atoms with Gasteiger partial charge in [-0.15, -0.1) is 0 Å². The lowest BCUT2D eigenvalue weighted by Crippen LogP contribution is -2.36. The molecule has 0 aliphatic carbocycles. The van der Waals surface area contributed by atoms with Crippen molar-refractivity contribution in [3.63, 3.8) is 0 Å². The fourth-order valence-electron chi connectivity index (χ4n) is 3.76. The van der Waals surface area contributed by atoms with Gasteiger partial charge in [-0.25, -0.2) is 9.50 Å². The minimum Gasteiger partial charge on any atom is -0.345 e. The van der Waals surface area contributed by atoms with Crippen molar-refractivity contribution in [3.05, 3.63) is 46.7 Å². The molecular formula is C20H27N7O. The number of nitrogens with zero attached hydrogens (tertiary/aromatic N) is 6. The molecule has 3 aromatic heterocycles. The van der Waals surface area contributed by atoms with E-state index in [0.29, 0.717) is 23.8 Å². The Kier molecular flexibility index (Phi) is 4.89. The summed E-state index contributed by atoms with van der Waals surface area (Å²) >= 11 is 0. The molecule has 4 rings (SSSR count). The molecule has 3 aromatic rings. The molecule has 8 heteroatoms. The summed E-state index contributed by atoms with van der Waals surface area (Å²) in [6.45, 7) is 12.6. The van der Waals surface area contributed by atoms with E-state index in [0.717, 1.165) is 43.3 Å². The molecule has 0 unspecified atom stereocenters. The van der Waals surface area contributed by atoms with Crippen molar-refractivity contribution < 1.29 is 4.79 Å². The SMILES string of the molecule is Cc1cc2nc(C(=O)NCc3cc4n(n3)CCN(CC(C)C)C4)cc(C)n2n1. The molecule has 8 nitrogen and oxygen atoms in total. The number of aromatic nitrogens is 5. The highest BCUT2D eigenvalue weighted by atomic mass is 16.1. The molecule has 1 amide bonds. The molecule has 0 saturated heterocycles. The average molecular weight is 381 g/mol. The molecule has 0 aromatic carbocycles. The normalized spacial score (nSPS) is 14.6. The van der Waals surface area contributed by atoms with E-state index in [1.807, 2.05) is 19.9 Å². The number of carbonyl (C=O) groups is 1. The summed E-state index contributed by atoms with van der Waals surface area (Å²) in [5, 5.41) is 12.0. The highest BCUT2D eigenvalue weighted by Gasteiger charge is 2.19. The summed E-state index contributed by atoms with van der Waals surface area (Å²) in [7, 11) is 0. The van der Waals surface area contributed by atoms with Gasteiger partial charge in [0.05, 0.1) is 30.2 Å². The highest BCUT2D eigenvalue weighted by molar-refractivity contribution is 5.92. The third-order valence-corrected chi connectivity index (χ3v) is 4.94. The summed E-state index contributed by atoms with van der Waals surface area (Å²) in [4.78, 5) is 19.5. The number of nitrogens with one attached hydrogen (secondary N) is 1. The van der Waals surface area contributed by atoms with Crippen molar-refractivity contribution in [2.24, 2.45) is 5.92 Å². The zero-order valence-electron chi connectivity index (χ0n) is 16.9. The maximum Gasteiger partial charge on any atom is 0.270 e. The number of aryl methyl sites for hydroxylation is 2. The smallest absolute Gasteiger partial charge is 0.270 e. The molecule has 4 heterocycles. The number of hydrogen-bond acceptors (Lipinski definition) is 5. The van der Waals surface area contributed by atoms with Gasteiger partial charge in [0.25, 0.3) is 5.91 Å². The molecule has 1 aliphatic rings. The van der Waals surface area contributed by atoms with Crippen LogP contribution in [0.25, 0.3) is 5.65 Å². The highest BCUT2D eigenvalue weighted by Crippen LogP contribution is 2.15. The Hall–Kier alpha value is -2.74. The van der Waals surface area contributed by atoms with Gasteiger partial charge in [-0.3, -0.25) is 14.4 Å². The maximum absolute atomic E-state index is 12.6. The molecule has 28 heavy (non-hydrogen) atoms. The second-order valence-corrected chi connectivity index (χ2v) is 8.00. The number of carbonyl (C=O) groups excluding carboxylic acids is 1. The number of hydrogen-bond donors (Lipinski definition) is 1. The van der Waals surface area contributed by atoms with Gasteiger partial charge in [0.2, 0.25) is 0 Å². The van der Waals surface area contributed by atoms with E-state index >= 15 is 0 Å². The molecule has 1 aliphatic heterocycles. The maximum atomic E-state index is 12.6. The van der Waals surface area contributed by atoms with Crippen LogP contribution >= 0.6 is 0 Å². The largest absolute Gasteiger partial charge is 0.345 e. The van der Waals surface area contributed by atoms with Gasteiger partial charge in [-0.1, -0.05) is 13.8 Å². The van der Waals surface area contributed by atoms with Crippen molar-refractivity contribution in [2.75, 3.05) is 13.1 Å². The molecular weight excluding hydrogens is 354 g/mol. The van der Waals surface area contributed by atoms with E-state index < -0.39 is 0 Å². The Morgan fingerprint density at radius 1 is 1.18 bits per heavy atom. The topological polar surface area (TPSA) is 80.4 Å². The number of amides is 1. The van der Waals surface area contributed by atoms with Crippen LogP contribution in [0.1, 0.15) is 47.1 Å². The van der Waals surface area contributed by atoms with Crippen molar-refractivity contribution in [2.45, 2.75) is 47.3 Å². The van der Waals surface area contributed by atoms with Crippen LogP contribution in [-0.2, 0) is 19.6 Å². The summed E-state index contributed by atoms with van der Waals surface area (Å²) in [6.07, 6.45) is 0. The summed E-state index contributed by atoms with van der Waals surface area (Å²) < 4.78 is 3.81. The lowest BCUT2D eigenvalue weighted by atomic mass is 10.2. The molecule has 148 valence electrons. The van der Waals surface area contributed by atoms with E-state index in [1.165, 1.54) is 5.69 Å². The van der Waals surface area contributed by atoms with Crippen LogP contribution in [0.15, 0.2) is 18.2 Å². The monoisotopic (exact) mass is 381 g/mol. The average Bonchev–Trinajstić information content (AvgIpc) is 3.21. The minimum absolute atomic E-state index is 0.197. The second kappa shape index (κ2) is 7.35. The first-order chi connectivity index (χ1) is 13.4. The number of fused-ring (bicyclic) bond motifs is 2. The first-order valence-electron chi connectivity index (χ1n) is 9.79. The molecule has 1 N–H and O–H groups in total. The Morgan fingerprint density at radius 2 is 2.00 bits per heavy atom. The van der Waals surface area contributed by atoms with E-state index in [4.69, 9.17) is 0 Å². The van der Waals surface area contributed by atoms with Crippen LogP contribution in [0.2, 0.25) is 0 Å². The minimum atomic E-state index is -0.197. The van der Waals surface area contributed by atoms with Gasteiger partial charge in [-0.05, 0) is 31.9 Å². The van der Waals surface area contributed by atoms with E-state index in [-0.39, 0.29) is 5.91 Å². The summed E-state index contributed by atoms with van der Waals surface area (Å²) in [5.41, 5.74) is 4.94. The van der Waals surface area contributed by atoms with E-state index in [9.17, 15) is 4.79 Å². The predicted octanol–water partition coefficient (Wildman–Crippen LogP) is 1.94. The van der Waals surface area contributed by atoms with Gasteiger partial charge in [-0.2, -0.15) is 10.2 Å². The Bertz CT molecular complexity index is 1020. The lowest BCUT2D eigenvalue weighted by molar-refractivity contribution is 0.0945. The van der Waals surface area contributed by atoms with Crippen LogP contribution in [0, 0.1) is 19.8 Å². The first-order valence-corrected chi connectivity index (χ1v) is 9.79. The van der Waals surface area contributed by atoms with Crippen molar-refractivity contribution >= 4 is 11.6 Å². The van der Waals surface area contributed by atoms with Gasteiger partial charge in [0.1, 0.15) is 5.69 Å². The van der Waals surface area contributed by atoms with Crippen LogP contribution in [0.3, 0.4) is 0 Å². The van der Waals surface area contributed by atoms with Crippen LogP contribution in [0.4, 0.5) is 0 Å². The molecule has 0 radical (unpaired) electrons. The van der Waals surface area contributed by atoms with E-state index in [2.05, 4.69) is 50.0 Å². The molecule has 0 saturated carbocycles. The summed E-state index contributed by atoms with van der Waals surface area (Å²) in [6, 6.07) is 5.72. The quantitative estimate of drug-likeness (QED) is 0.731. The van der Waals surface area contributed by atoms with Gasteiger partial charge in [0, 0.05) is 31.4 Å². The fraction of sp³-hybridized carbons (Fsp3) is 0.500. The predicted molar refractivity (Wildman–Crippen MR) is 106 cm³/mol. The fourth-order valence-corrected chi connectivity index (χ4v) is 3.76.